The Bertz CT molecular complexity index is 867. The second-order valence-corrected chi connectivity index (χ2v) is 7.04. The number of halogens is 3. The highest BCUT2D eigenvalue weighted by atomic mass is 19.4. The Labute approximate surface area is 174 Å². The fourth-order valence-electron chi connectivity index (χ4n) is 2.82. The maximum Gasteiger partial charge on any atom is 0.416 e. The number of ether oxygens (including phenoxy) is 2. The van der Waals surface area contributed by atoms with E-state index in [4.69, 9.17) is 9.47 Å². The smallest absolute Gasteiger partial charge is 0.416 e. The second kappa shape index (κ2) is 10.3. The van der Waals surface area contributed by atoms with Gasteiger partial charge in [0, 0.05) is 13.1 Å². The van der Waals surface area contributed by atoms with Crippen LogP contribution < -0.4 is 14.8 Å². The third-order valence-electron chi connectivity index (χ3n) is 4.37. The third-order valence-corrected chi connectivity index (χ3v) is 4.37. The lowest BCUT2D eigenvalue weighted by Crippen LogP contribution is -2.25. The van der Waals surface area contributed by atoms with E-state index in [1.165, 1.54) is 13.0 Å². The summed E-state index contributed by atoms with van der Waals surface area (Å²) in [6.45, 7) is 4.53. The number of hydrogen-bond donors (Lipinski definition) is 1. The summed E-state index contributed by atoms with van der Waals surface area (Å²) in [5.41, 5.74) is -0.000903. The monoisotopic (exact) mass is 424 g/mol. The molecule has 0 heterocycles. The van der Waals surface area contributed by atoms with Crippen LogP contribution in [0.25, 0.3) is 0 Å². The molecule has 164 valence electrons. The highest BCUT2D eigenvalue weighted by Gasteiger charge is 2.32. The highest BCUT2D eigenvalue weighted by molar-refractivity contribution is 5.99. The zero-order valence-corrected chi connectivity index (χ0v) is 17.6. The maximum atomic E-state index is 13.1. The molecule has 0 fully saturated rings. The number of nitrogens with one attached hydrogen (secondary N) is 1. The molecule has 0 atom stereocenters. The molecule has 0 saturated carbocycles. The molecule has 0 aliphatic rings. The molecule has 8 heteroatoms. The molecule has 30 heavy (non-hydrogen) atoms. The Hall–Kier alpha value is -2.74. The number of aryl methyl sites for hydroxylation is 1. The van der Waals surface area contributed by atoms with Gasteiger partial charge < -0.3 is 19.7 Å². The number of carbonyl (C=O) groups is 1. The van der Waals surface area contributed by atoms with Crippen LogP contribution >= 0.6 is 0 Å². The summed E-state index contributed by atoms with van der Waals surface area (Å²) in [7, 11) is 3.81. The summed E-state index contributed by atoms with van der Waals surface area (Å²) in [5, 5.41) is 2.68. The van der Waals surface area contributed by atoms with Crippen molar-refractivity contribution in [1.29, 1.82) is 0 Å². The van der Waals surface area contributed by atoms with E-state index in [-0.39, 0.29) is 17.7 Å². The van der Waals surface area contributed by atoms with Gasteiger partial charge in [0.25, 0.3) is 5.91 Å². The number of alkyl halides is 3. The zero-order valence-electron chi connectivity index (χ0n) is 17.6. The molecule has 5 nitrogen and oxygen atoms in total. The molecule has 2 aromatic carbocycles. The molecule has 0 spiro atoms. The van der Waals surface area contributed by atoms with Crippen LogP contribution in [0.15, 0.2) is 36.4 Å². The number of hydrogen-bond acceptors (Lipinski definition) is 4. The largest absolute Gasteiger partial charge is 0.493 e. The summed E-state index contributed by atoms with van der Waals surface area (Å²) in [5.74, 6) is 0.241. The molecule has 1 amide bonds. The van der Waals surface area contributed by atoms with E-state index in [1.54, 1.807) is 31.2 Å². The van der Waals surface area contributed by atoms with Crippen molar-refractivity contribution in [2.75, 3.05) is 33.9 Å². The van der Waals surface area contributed by atoms with Gasteiger partial charge in [-0.15, -0.1) is 0 Å². The number of amides is 1. The van der Waals surface area contributed by atoms with Gasteiger partial charge in [-0.3, -0.25) is 4.79 Å². The van der Waals surface area contributed by atoms with Crippen LogP contribution in [0, 0.1) is 6.92 Å². The molecular formula is C22H27F3N2O3. The fourth-order valence-corrected chi connectivity index (χ4v) is 2.82. The van der Waals surface area contributed by atoms with Crippen molar-refractivity contribution in [2.24, 2.45) is 0 Å². The van der Waals surface area contributed by atoms with Crippen molar-refractivity contribution in [1.82, 2.24) is 10.2 Å². The summed E-state index contributed by atoms with van der Waals surface area (Å²) < 4.78 is 50.7. The number of nitrogens with zero attached hydrogens (tertiary/aromatic N) is 1. The Kier molecular flexibility index (Phi) is 8.11. The van der Waals surface area contributed by atoms with Crippen LogP contribution in [0.3, 0.4) is 0 Å². The van der Waals surface area contributed by atoms with Gasteiger partial charge in [-0.05, 0) is 57.3 Å². The fraction of sp³-hybridized carbons (Fsp3) is 0.409. The number of rotatable bonds is 9. The lowest BCUT2D eigenvalue weighted by Gasteiger charge is -2.17. The van der Waals surface area contributed by atoms with Crippen molar-refractivity contribution in [3.8, 4) is 11.5 Å². The van der Waals surface area contributed by atoms with Gasteiger partial charge in [0.15, 0.2) is 0 Å². The minimum atomic E-state index is -4.45. The molecule has 0 saturated heterocycles. The standard InChI is InChI=1S/C22H27F3N2O3/c1-5-29-18-7-6-8-19(30-12-11-27(3)4)20(18)21(28)26-14-16-10-9-15(2)17(13-16)22(23,24)25/h6-10,13H,5,11-12,14H2,1-4H3,(H,26,28). The van der Waals surface area contributed by atoms with Gasteiger partial charge in [-0.1, -0.05) is 18.2 Å². The quantitative estimate of drug-likeness (QED) is 0.653. The van der Waals surface area contributed by atoms with Crippen LogP contribution in [-0.2, 0) is 12.7 Å². The lowest BCUT2D eigenvalue weighted by molar-refractivity contribution is -0.138. The van der Waals surface area contributed by atoms with Crippen LogP contribution in [0.1, 0.15) is 34.0 Å². The van der Waals surface area contributed by atoms with Crippen molar-refractivity contribution in [2.45, 2.75) is 26.6 Å². The van der Waals surface area contributed by atoms with E-state index in [0.29, 0.717) is 36.8 Å². The van der Waals surface area contributed by atoms with Crippen molar-refractivity contribution < 1.29 is 27.4 Å². The SMILES string of the molecule is CCOc1cccc(OCCN(C)C)c1C(=O)NCc1ccc(C)c(C(F)(F)F)c1. The first kappa shape index (κ1) is 23.5. The Morgan fingerprint density at radius 3 is 2.37 bits per heavy atom. The first-order valence-corrected chi connectivity index (χ1v) is 9.61. The number of benzene rings is 2. The Balaban J connectivity index is 2.21. The van der Waals surface area contributed by atoms with Gasteiger partial charge >= 0.3 is 6.18 Å². The predicted molar refractivity (Wildman–Crippen MR) is 109 cm³/mol. The Morgan fingerprint density at radius 1 is 1.10 bits per heavy atom. The first-order valence-electron chi connectivity index (χ1n) is 9.61. The minimum Gasteiger partial charge on any atom is -0.493 e. The molecule has 0 aromatic heterocycles. The third kappa shape index (κ3) is 6.38. The summed E-state index contributed by atoms with van der Waals surface area (Å²) in [6, 6.07) is 9.06. The van der Waals surface area contributed by atoms with Crippen LogP contribution in [0.2, 0.25) is 0 Å². The molecule has 0 radical (unpaired) electrons. The molecule has 2 aromatic rings. The van der Waals surface area contributed by atoms with Crippen LogP contribution in [0.4, 0.5) is 13.2 Å². The van der Waals surface area contributed by atoms with Gasteiger partial charge in [0.1, 0.15) is 23.7 Å². The lowest BCUT2D eigenvalue weighted by atomic mass is 10.0. The average molecular weight is 424 g/mol. The topological polar surface area (TPSA) is 50.8 Å². The average Bonchev–Trinajstić information content (AvgIpc) is 2.66. The van der Waals surface area contributed by atoms with E-state index >= 15 is 0 Å². The van der Waals surface area contributed by atoms with E-state index in [1.807, 2.05) is 19.0 Å². The van der Waals surface area contributed by atoms with E-state index < -0.39 is 17.6 Å². The number of carbonyl (C=O) groups excluding carboxylic acids is 1. The van der Waals surface area contributed by atoms with E-state index in [2.05, 4.69) is 5.32 Å². The van der Waals surface area contributed by atoms with E-state index in [0.717, 1.165) is 6.07 Å². The van der Waals surface area contributed by atoms with Gasteiger partial charge in [0.05, 0.1) is 12.2 Å². The van der Waals surface area contributed by atoms with E-state index in [9.17, 15) is 18.0 Å². The van der Waals surface area contributed by atoms with Crippen LogP contribution in [-0.4, -0.2) is 44.7 Å². The molecule has 1 N–H and O–H groups in total. The summed E-state index contributed by atoms with van der Waals surface area (Å²) in [4.78, 5) is 14.8. The van der Waals surface area contributed by atoms with Gasteiger partial charge in [-0.25, -0.2) is 0 Å². The normalized spacial score (nSPS) is 11.5. The van der Waals surface area contributed by atoms with Crippen molar-refractivity contribution in [3.63, 3.8) is 0 Å². The van der Waals surface area contributed by atoms with Crippen molar-refractivity contribution in [3.05, 3.63) is 58.7 Å². The number of likely N-dealkylation sites (N-methyl/N-ethyl adjacent to an activating group) is 1. The predicted octanol–water partition coefficient (Wildman–Crippen LogP) is 4.28. The second-order valence-electron chi connectivity index (χ2n) is 7.04. The Morgan fingerprint density at radius 2 is 1.77 bits per heavy atom. The molecular weight excluding hydrogens is 397 g/mol. The molecule has 0 aliphatic carbocycles. The van der Waals surface area contributed by atoms with Gasteiger partial charge in [-0.2, -0.15) is 13.2 Å². The highest BCUT2D eigenvalue weighted by Crippen LogP contribution is 2.32. The molecule has 0 unspecified atom stereocenters. The summed E-state index contributed by atoms with van der Waals surface area (Å²) >= 11 is 0. The maximum absolute atomic E-state index is 13.1. The minimum absolute atomic E-state index is 0.0558. The summed E-state index contributed by atoms with van der Waals surface area (Å²) in [6.07, 6.45) is -4.45. The van der Waals surface area contributed by atoms with Crippen LogP contribution in [0.5, 0.6) is 11.5 Å². The van der Waals surface area contributed by atoms with Gasteiger partial charge in [0.2, 0.25) is 0 Å². The zero-order chi connectivity index (χ0) is 22.3. The first-order chi connectivity index (χ1) is 14.1. The molecule has 2 rings (SSSR count). The molecule has 0 aliphatic heterocycles. The van der Waals surface area contributed by atoms with Crippen molar-refractivity contribution >= 4 is 5.91 Å². The molecule has 0 bridgehead atoms.